The number of hydrogen-bond donors (Lipinski definition) is 0. The zero-order valence-corrected chi connectivity index (χ0v) is 10.2. The van der Waals surface area contributed by atoms with Crippen LogP contribution in [0.25, 0.3) is 0 Å². The van der Waals surface area contributed by atoms with Gasteiger partial charge >= 0.3 is 0 Å². The second-order valence-corrected chi connectivity index (χ2v) is 4.13. The van der Waals surface area contributed by atoms with Crippen molar-refractivity contribution in [3.8, 4) is 0 Å². The Balaban J connectivity index is 2.45. The monoisotopic (exact) mass is 251 g/mol. The first-order chi connectivity index (χ1) is 8.11. The van der Waals surface area contributed by atoms with E-state index in [4.69, 9.17) is 11.6 Å². The summed E-state index contributed by atoms with van der Waals surface area (Å²) >= 11 is 5.83. The molecular weight excluding hydrogens is 241 g/mol. The normalized spacial score (nSPS) is 12.5. The molecule has 0 aliphatic heterocycles. The van der Waals surface area contributed by atoms with Crippen LogP contribution in [-0.4, -0.2) is 15.2 Å². The molecule has 1 atom stereocenters. The molecule has 0 N–H and O–H groups in total. The highest BCUT2D eigenvalue weighted by Crippen LogP contribution is 2.28. The molecule has 0 saturated heterocycles. The number of hydrogen-bond acceptors (Lipinski definition) is 3. The van der Waals surface area contributed by atoms with E-state index in [1.807, 2.05) is 0 Å². The highest BCUT2D eigenvalue weighted by Gasteiger charge is 2.19. The second-order valence-electron chi connectivity index (χ2n) is 3.77. The molecule has 0 saturated carbocycles. The van der Waals surface area contributed by atoms with E-state index in [9.17, 15) is 4.39 Å². The smallest absolute Gasteiger partial charge is 0.171 e. The van der Waals surface area contributed by atoms with E-state index in [1.165, 1.54) is 6.20 Å². The molecule has 88 valence electrons. The van der Waals surface area contributed by atoms with Crippen molar-refractivity contribution in [2.45, 2.75) is 20.0 Å². The van der Waals surface area contributed by atoms with Crippen LogP contribution in [-0.2, 0) is 0 Å². The summed E-state index contributed by atoms with van der Waals surface area (Å²) in [7, 11) is 0. The lowest BCUT2D eigenvalue weighted by Gasteiger charge is -2.11. The molecule has 2 aromatic rings. The van der Waals surface area contributed by atoms with Crippen molar-refractivity contribution < 1.29 is 4.39 Å². The maximum Gasteiger partial charge on any atom is 0.171 e. The molecule has 0 fully saturated rings. The summed E-state index contributed by atoms with van der Waals surface area (Å²) in [6.45, 7) is 3.58. The Morgan fingerprint density at radius 3 is 2.65 bits per heavy atom. The van der Waals surface area contributed by atoms with Crippen LogP contribution in [0.1, 0.15) is 28.6 Å². The van der Waals surface area contributed by atoms with Crippen molar-refractivity contribution in [2.75, 3.05) is 0 Å². The Morgan fingerprint density at radius 1 is 1.24 bits per heavy atom. The number of nitrogens with zero attached hydrogens (tertiary/aromatic N) is 3. The first-order valence-corrected chi connectivity index (χ1v) is 5.52. The van der Waals surface area contributed by atoms with Crippen LogP contribution in [0.15, 0.2) is 24.5 Å². The van der Waals surface area contributed by atoms with Crippen LogP contribution in [0, 0.1) is 13.8 Å². The Hall–Kier alpha value is -1.55. The highest BCUT2D eigenvalue weighted by atomic mass is 35.5. The van der Waals surface area contributed by atoms with E-state index in [0.717, 1.165) is 11.1 Å². The molecule has 5 heteroatoms. The molecular formula is C12H11ClFN3. The Bertz CT molecular complexity index is 531. The first-order valence-electron chi connectivity index (χ1n) is 5.14. The van der Waals surface area contributed by atoms with E-state index in [-0.39, 0.29) is 0 Å². The Kier molecular flexibility index (Phi) is 3.33. The van der Waals surface area contributed by atoms with Gasteiger partial charge in [-0.25, -0.2) is 4.39 Å². The van der Waals surface area contributed by atoms with Crippen LogP contribution >= 0.6 is 11.6 Å². The third kappa shape index (κ3) is 2.26. The molecule has 3 nitrogen and oxygen atoms in total. The van der Waals surface area contributed by atoms with E-state index >= 15 is 0 Å². The van der Waals surface area contributed by atoms with Gasteiger partial charge in [0, 0.05) is 18.0 Å². The van der Waals surface area contributed by atoms with Gasteiger partial charge in [-0.05, 0) is 31.0 Å². The SMILES string of the molecule is Cc1c(Cl)nnc(C(F)c2cccnc2)c1C. The number of rotatable bonds is 2. The number of halogens is 2. The molecule has 0 bridgehead atoms. The summed E-state index contributed by atoms with van der Waals surface area (Å²) in [5.41, 5.74) is 2.23. The molecule has 2 aromatic heterocycles. The largest absolute Gasteiger partial charge is 0.264 e. The third-order valence-corrected chi connectivity index (χ3v) is 3.08. The minimum absolute atomic E-state index is 0.292. The van der Waals surface area contributed by atoms with Gasteiger partial charge in [-0.3, -0.25) is 4.98 Å². The lowest BCUT2D eigenvalue weighted by atomic mass is 10.0. The van der Waals surface area contributed by atoms with Crippen LogP contribution < -0.4 is 0 Å². The maximum absolute atomic E-state index is 14.3. The molecule has 0 aliphatic carbocycles. The lowest BCUT2D eigenvalue weighted by Crippen LogP contribution is -2.05. The van der Waals surface area contributed by atoms with Crippen LogP contribution in [0.2, 0.25) is 5.15 Å². The molecule has 2 rings (SSSR count). The highest BCUT2D eigenvalue weighted by molar-refractivity contribution is 6.30. The number of pyridine rings is 1. The van der Waals surface area contributed by atoms with Gasteiger partial charge in [0.05, 0.1) is 0 Å². The zero-order valence-electron chi connectivity index (χ0n) is 9.48. The summed E-state index contributed by atoms with van der Waals surface area (Å²) in [4.78, 5) is 3.89. The van der Waals surface area contributed by atoms with Crippen molar-refractivity contribution in [3.05, 3.63) is 52.1 Å². The molecule has 2 heterocycles. The second kappa shape index (κ2) is 4.75. The van der Waals surface area contributed by atoms with Crippen LogP contribution in [0.5, 0.6) is 0 Å². The fourth-order valence-corrected chi connectivity index (χ4v) is 1.70. The van der Waals surface area contributed by atoms with Gasteiger partial charge in [0.25, 0.3) is 0 Å². The molecule has 0 spiro atoms. The van der Waals surface area contributed by atoms with Crippen molar-refractivity contribution in [3.63, 3.8) is 0 Å². The van der Waals surface area contributed by atoms with Gasteiger partial charge in [0.2, 0.25) is 0 Å². The van der Waals surface area contributed by atoms with E-state index in [2.05, 4.69) is 15.2 Å². The van der Waals surface area contributed by atoms with Crippen LogP contribution in [0.4, 0.5) is 4.39 Å². The van der Waals surface area contributed by atoms with Crippen molar-refractivity contribution in [1.29, 1.82) is 0 Å². The number of alkyl halides is 1. The van der Waals surface area contributed by atoms with Gasteiger partial charge in [-0.2, -0.15) is 5.10 Å². The summed E-state index contributed by atoms with van der Waals surface area (Å²) in [5, 5.41) is 7.88. The molecule has 0 amide bonds. The summed E-state index contributed by atoms with van der Waals surface area (Å²) < 4.78 is 14.3. The van der Waals surface area contributed by atoms with E-state index < -0.39 is 6.17 Å². The number of aromatic nitrogens is 3. The summed E-state index contributed by atoms with van der Waals surface area (Å²) in [6.07, 6.45) is 1.75. The fraction of sp³-hybridized carbons (Fsp3) is 0.250. The predicted molar refractivity (Wildman–Crippen MR) is 63.7 cm³/mol. The van der Waals surface area contributed by atoms with Gasteiger partial charge in [0.15, 0.2) is 11.3 Å². The predicted octanol–water partition coefficient (Wildman–Crippen LogP) is 3.20. The molecule has 0 aliphatic rings. The molecule has 1 unspecified atom stereocenters. The average Bonchev–Trinajstić information content (AvgIpc) is 2.36. The quantitative estimate of drug-likeness (QED) is 0.823. The van der Waals surface area contributed by atoms with Crippen molar-refractivity contribution in [2.24, 2.45) is 0 Å². The van der Waals surface area contributed by atoms with Gasteiger partial charge in [0.1, 0.15) is 5.69 Å². The molecule has 0 aromatic carbocycles. The third-order valence-electron chi connectivity index (χ3n) is 2.72. The van der Waals surface area contributed by atoms with Gasteiger partial charge < -0.3 is 0 Å². The minimum Gasteiger partial charge on any atom is -0.264 e. The molecule has 17 heavy (non-hydrogen) atoms. The topological polar surface area (TPSA) is 38.7 Å². The summed E-state index contributed by atoms with van der Waals surface area (Å²) in [6, 6.07) is 3.36. The Labute approximate surface area is 104 Å². The Morgan fingerprint density at radius 2 is 2.00 bits per heavy atom. The van der Waals surface area contributed by atoms with Crippen LogP contribution in [0.3, 0.4) is 0 Å². The van der Waals surface area contributed by atoms with Crippen molar-refractivity contribution in [1.82, 2.24) is 15.2 Å². The standard InChI is InChI=1S/C12H11ClFN3/c1-7-8(2)12(13)17-16-11(7)10(14)9-4-3-5-15-6-9/h3-6,10H,1-2H3. The average molecular weight is 252 g/mol. The summed E-state index contributed by atoms with van der Waals surface area (Å²) in [5.74, 6) is 0. The fourth-order valence-electron chi connectivity index (χ4n) is 1.52. The lowest BCUT2D eigenvalue weighted by molar-refractivity contribution is 0.387. The van der Waals surface area contributed by atoms with Gasteiger partial charge in [-0.1, -0.05) is 17.7 Å². The zero-order chi connectivity index (χ0) is 12.4. The minimum atomic E-state index is -1.33. The van der Waals surface area contributed by atoms with E-state index in [1.54, 1.807) is 32.2 Å². The maximum atomic E-state index is 14.3. The van der Waals surface area contributed by atoms with Crippen molar-refractivity contribution >= 4 is 11.6 Å². The first kappa shape index (κ1) is 11.9. The van der Waals surface area contributed by atoms with E-state index in [0.29, 0.717) is 16.4 Å². The molecule has 0 radical (unpaired) electrons. The van der Waals surface area contributed by atoms with Gasteiger partial charge in [-0.15, -0.1) is 5.10 Å².